The fourth-order valence-corrected chi connectivity index (χ4v) is 3.57. The summed E-state index contributed by atoms with van der Waals surface area (Å²) in [6, 6.07) is 1.48. The first kappa shape index (κ1) is 18.6. The van der Waals surface area contributed by atoms with Crippen molar-refractivity contribution in [2.24, 2.45) is 5.92 Å². The van der Waals surface area contributed by atoms with Crippen LogP contribution in [-0.4, -0.2) is 36.0 Å². The first-order chi connectivity index (χ1) is 12.3. The van der Waals surface area contributed by atoms with E-state index in [9.17, 15) is 26.7 Å². The van der Waals surface area contributed by atoms with E-state index < -0.39 is 52.8 Å². The molecule has 2 aliphatic heterocycles. The van der Waals surface area contributed by atoms with Crippen LogP contribution in [-0.2, 0) is 10.7 Å². The molecule has 3 atom stereocenters. The maximum Gasteiger partial charge on any atom is 0.280 e. The van der Waals surface area contributed by atoms with Gasteiger partial charge in [-0.15, -0.1) is 0 Å². The molecule has 0 unspecified atom stereocenters. The number of nitrogens with one attached hydrogen (secondary N) is 1. The normalized spacial score (nSPS) is 26.2. The van der Waals surface area contributed by atoms with Gasteiger partial charge in [-0.1, -0.05) is 0 Å². The predicted octanol–water partition coefficient (Wildman–Crippen LogP) is 2.69. The van der Waals surface area contributed by atoms with Crippen molar-refractivity contribution in [3.63, 3.8) is 0 Å². The zero-order chi connectivity index (χ0) is 19.1. The Kier molecular flexibility index (Phi) is 4.88. The van der Waals surface area contributed by atoms with Gasteiger partial charge in [0.1, 0.15) is 6.04 Å². The third-order valence-corrected chi connectivity index (χ3v) is 5.02. The lowest BCUT2D eigenvalue weighted by Crippen LogP contribution is -2.45. The Hall–Kier alpha value is -2.21. The van der Waals surface area contributed by atoms with Gasteiger partial charge in [0.25, 0.3) is 5.92 Å². The van der Waals surface area contributed by atoms with E-state index in [1.807, 2.05) is 6.07 Å². The van der Waals surface area contributed by atoms with E-state index in [0.29, 0.717) is 31.5 Å². The molecule has 0 aliphatic carbocycles. The Morgan fingerprint density at radius 3 is 2.69 bits per heavy atom. The molecule has 4 nitrogen and oxygen atoms in total. The van der Waals surface area contributed by atoms with Gasteiger partial charge in [-0.3, -0.25) is 4.79 Å². The number of nitriles is 1. The zero-order valence-corrected chi connectivity index (χ0v) is 13.6. The average Bonchev–Trinajstić information content (AvgIpc) is 3.28. The van der Waals surface area contributed by atoms with Gasteiger partial charge >= 0.3 is 0 Å². The second kappa shape index (κ2) is 6.83. The summed E-state index contributed by atoms with van der Waals surface area (Å²) in [4.78, 5) is 13.8. The van der Waals surface area contributed by atoms with Crippen molar-refractivity contribution in [3.05, 3.63) is 35.1 Å². The monoisotopic (exact) mass is 373 g/mol. The molecule has 0 radical (unpaired) electrons. The van der Waals surface area contributed by atoms with E-state index in [2.05, 4.69) is 5.32 Å². The molecule has 26 heavy (non-hydrogen) atoms. The minimum Gasteiger partial charge on any atom is -0.325 e. The van der Waals surface area contributed by atoms with Crippen LogP contribution >= 0.6 is 0 Å². The van der Waals surface area contributed by atoms with Crippen LogP contribution in [0.25, 0.3) is 0 Å². The molecular weight excluding hydrogens is 357 g/mol. The minimum absolute atomic E-state index is 0.285. The van der Waals surface area contributed by atoms with Crippen molar-refractivity contribution in [1.82, 2.24) is 10.2 Å². The van der Waals surface area contributed by atoms with E-state index in [1.54, 1.807) is 0 Å². The zero-order valence-electron chi connectivity index (χ0n) is 13.6. The fraction of sp³-hybridized carbons (Fsp3) is 0.529. The topological polar surface area (TPSA) is 56.1 Å². The second-order valence-corrected chi connectivity index (χ2v) is 6.56. The Morgan fingerprint density at radius 1 is 1.27 bits per heavy atom. The van der Waals surface area contributed by atoms with E-state index in [-0.39, 0.29) is 13.0 Å². The molecule has 0 aromatic heterocycles. The molecule has 2 saturated heterocycles. The predicted molar refractivity (Wildman–Crippen MR) is 80.5 cm³/mol. The minimum atomic E-state index is -3.78. The van der Waals surface area contributed by atoms with Crippen LogP contribution in [0, 0.1) is 34.7 Å². The maximum absolute atomic E-state index is 14.6. The molecule has 3 rings (SSSR count). The van der Waals surface area contributed by atoms with Crippen molar-refractivity contribution >= 4 is 5.91 Å². The van der Waals surface area contributed by atoms with Crippen LogP contribution in [0.5, 0.6) is 0 Å². The summed E-state index contributed by atoms with van der Waals surface area (Å²) >= 11 is 0. The van der Waals surface area contributed by atoms with Crippen LogP contribution in [0.2, 0.25) is 0 Å². The highest BCUT2D eigenvalue weighted by Gasteiger charge is 2.49. The van der Waals surface area contributed by atoms with Crippen molar-refractivity contribution < 1.29 is 26.7 Å². The maximum atomic E-state index is 14.6. The van der Waals surface area contributed by atoms with Gasteiger partial charge in [0, 0.05) is 19.0 Å². The fourth-order valence-electron chi connectivity index (χ4n) is 3.57. The van der Waals surface area contributed by atoms with Crippen molar-refractivity contribution in [1.29, 1.82) is 5.26 Å². The smallest absolute Gasteiger partial charge is 0.280 e. The van der Waals surface area contributed by atoms with Gasteiger partial charge in [0.05, 0.1) is 17.7 Å². The molecule has 2 aliphatic rings. The number of alkyl halides is 2. The van der Waals surface area contributed by atoms with Crippen LogP contribution in [0.1, 0.15) is 24.8 Å². The molecule has 0 spiro atoms. The molecule has 0 saturated carbocycles. The summed E-state index contributed by atoms with van der Waals surface area (Å²) in [5, 5.41) is 11.7. The summed E-state index contributed by atoms with van der Waals surface area (Å²) in [5.74, 6) is -11.1. The van der Waals surface area contributed by atoms with E-state index >= 15 is 0 Å². The number of halogens is 5. The van der Waals surface area contributed by atoms with Crippen LogP contribution in [0.3, 0.4) is 0 Å². The standard InChI is InChI=1S/C17H16F5N3O/c18-12-4-3-11(14(19)15(12)20)17(21,22)9-6-13(24-8-9)16(26)25-5-1-2-10(25)7-23/h3-4,9-10,13,24H,1-2,5-6,8H2/t9-,10-,13-/m0/s1. The van der Waals surface area contributed by atoms with Crippen molar-refractivity contribution in [3.8, 4) is 6.07 Å². The SMILES string of the molecule is N#C[C@@H]1CCCN1C(=O)[C@@H]1C[C@H](C(F)(F)c2ccc(F)c(F)c2F)CN1. The Labute approximate surface area is 146 Å². The van der Waals surface area contributed by atoms with Crippen LogP contribution in [0.4, 0.5) is 22.0 Å². The van der Waals surface area contributed by atoms with Crippen LogP contribution in [0.15, 0.2) is 12.1 Å². The number of hydrogen-bond acceptors (Lipinski definition) is 3. The Bertz CT molecular complexity index is 764. The van der Waals surface area contributed by atoms with E-state index in [0.717, 1.165) is 0 Å². The summed E-state index contributed by atoms with van der Waals surface area (Å²) in [5.41, 5.74) is -1.23. The number of amides is 1. The largest absolute Gasteiger partial charge is 0.325 e. The third-order valence-electron chi connectivity index (χ3n) is 5.02. The number of carbonyl (C=O) groups is 1. The van der Waals surface area contributed by atoms with Gasteiger partial charge in [-0.25, -0.2) is 22.0 Å². The highest BCUT2D eigenvalue weighted by atomic mass is 19.3. The summed E-state index contributed by atoms with van der Waals surface area (Å²) in [6.45, 7) is 0.0982. The molecule has 140 valence electrons. The molecule has 1 N–H and O–H groups in total. The number of carbonyl (C=O) groups excluding carboxylic acids is 1. The Morgan fingerprint density at radius 2 is 2.00 bits per heavy atom. The molecule has 0 bridgehead atoms. The quantitative estimate of drug-likeness (QED) is 0.655. The molecule has 1 aromatic carbocycles. The lowest BCUT2D eigenvalue weighted by atomic mass is 9.91. The van der Waals surface area contributed by atoms with Gasteiger partial charge in [0.2, 0.25) is 5.91 Å². The number of rotatable bonds is 3. The van der Waals surface area contributed by atoms with Crippen molar-refractivity contribution in [2.45, 2.75) is 37.3 Å². The number of nitrogens with zero attached hydrogens (tertiary/aromatic N) is 2. The highest BCUT2D eigenvalue weighted by molar-refractivity contribution is 5.83. The van der Waals surface area contributed by atoms with E-state index in [4.69, 9.17) is 5.26 Å². The summed E-state index contributed by atoms with van der Waals surface area (Å²) in [7, 11) is 0. The molecular formula is C17H16F5N3O. The average molecular weight is 373 g/mol. The molecule has 2 fully saturated rings. The number of hydrogen-bond donors (Lipinski definition) is 1. The molecule has 1 amide bonds. The molecule has 1 aromatic rings. The molecule has 2 heterocycles. The lowest BCUT2D eigenvalue weighted by molar-refractivity contribution is -0.133. The molecule has 9 heteroatoms. The number of likely N-dealkylation sites (tertiary alicyclic amines) is 1. The summed E-state index contributed by atoms with van der Waals surface area (Å²) < 4.78 is 69.4. The lowest BCUT2D eigenvalue weighted by Gasteiger charge is -2.25. The second-order valence-electron chi connectivity index (χ2n) is 6.56. The summed E-state index contributed by atoms with van der Waals surface area (Å²) in [6.07, 6.45) is 0.907. The van der Waals surface area contributed by atoms with Gasteiger partial charge < -0.3 is 10.2 Å². The third kappa shape index (κ3) is 3.03. The van der Waals surface area contributed by atoms with E-state index in [1.165, 1.54) is 4.90 Å². The Balaban J connectivity index is 1.77. The first-order valence-corrected chi connectivity index (χ1v) is 8.22. The van der Waals surface area contributed by atoms with Gasteiger partial charge in [-0.2, -0.15) is 5.26 Å². The van der Waals surface area contributed by atoms with Gasteiger partial charge in [0.15, 0.2) is 17.5 Å². The van der Waals surface area contributed by atoms with Crippen LogP contribution < -0.4 is 5.32 Å². The number of benzene rings is 1. The van der Waals surface area contributed by atoms with Crippen molar-refractivity contribution in [2.75, 3.05) is 13.1 Å². The first-order valence-electron chi connectivity index (χ1n) is 8.22. The van der Waals surface area contributed by atoms with Gasteiger partial charge in [-0.05, 0) is 31.4 Å². The highest BCUT2D eigenvalue weighted by Crippen LogP contribution is 2.42.